The Bertz CT molecular complexity index is 2350. The van der Waals surface area contributed by atoms with Gasteiger partial charge in [0, 0.05) is 29.5 Å². The molecule has 1 aliphatic rings. The molecule has 0 bridgehead atoms. The Balaban J connectivity index is 0.942. The van der Waals surface area contributed by atoms with Crippen molar-refractivity contribution in [3.8, 4) is 22.6 Å². The highest BCUT2D eigenvalue weighted by atomic mass is 32.2. The second kappa shape index (κ2) is 17.5. The van der Waals surface area contributed by atoms with Gasteiger partial charge in [-0.25, -0.2) is 9.78 Å². The molecule has 2 amide bonds. The SMILES string of the molecule is C[C@@H]1[C@H](CSc2nc3ccccc3s2)O[C@H](c2cccc(-c3cccc(CNC(=O)Nc4ccc(Oc5ccccc5)cc4)c3)c2)O[C@@H]1c1ccc(CO)cc1. The van der Waals surface area contributed by atoms with Crippen LogP contribution in [0.15, 0.2) is 156 Å². The summed E-state index contributed by atoms with van der Waals surface area (Å²) in [7, 11) is 0. The lowest BCUT2D eigenvalue weighted by Gasteiger charge is -2.41. The number of nitrogens with one attached hydrogen (secondary N) is 2. The maximum absolute atomic E-state index is 12.8. The fraction of sp³-hybridized carbons (Fsp3) is 0.174. The van der Waals surface area contributed by atoms with E-state index in [2.05, 4.69) is 47.9 Å². The molecule has 0 radical (unpaired) electrons. The smallest absolute Gasteiger partial charge is 0.319 e. The molecule has 0 unspecified atom stereocenters. The molecule has 1 aromatic heterocycles. The minimum atomic E-state index is -0.595. The first-order valence-electron chi connectivity index (χ1n) is 18.5. The number of urea groups is 1. The van der Waals surface area contributed by atoms with Crippen molar-refractivity contribution < 1.29 is 24.1 Å². The summed E-state index contributed by atoms with van der Waals surface area (Å²) >= 11 is 3.42. The molecule has 282 valence electrons. The molecule has 56 heavy (non-hydrogen) atoms. The van der Waals surface area contributed by atoms with E-state index in [4.69, 9.17) is 19.2 Å². The van der Waals surface area contributed by atoms with Gasteiger partial charge in [-0.05, 0) is 88.5 Å². The van der Waals surface area contributed by atoms with Crippen LogP contribution in [0.2, 0.25) is 0 Å². The minimum absolute atomic E-state index is 0.00768. The summed E-state index contributed by atoms with van der Waals surface area (Å²) in [5.74, 6) is 2.22. The van der Waals surface area contributed by atoms with Crippen LogP contribution >= 0.6 is 23.1 Å². The van der Waals surface area contributed by atoms with Gasteiger partial charge < -0.3 is 30.0 Å². The second-order valence-electron chi connectivity index (χ2n) is 13.7. The molecule has 8 nitrogen and oxygen atoms in total. The summed E-state index contributed by atoms with van der Waals surface area (Å²) < 4.78 is 21.6. The average Bonchev–Trinajstić information content (AvgIpc) is 3.67. The van der Waals surface area contributed by atoms with Crippen LogP contribution in [0.5, 0.6) is 11.5 Å². The zero-order valence-corrected chi connectivity index (χ0v) is 32.3. The van der Waals surface area contributed by atoms with E-state index in [0.717, 1.165) is 54.7 Å². The molecule has 1 fully saturated rings. The van der Waals surface area contributed by atoms with Crippen molar-refractivity contribution in [2.75, 3.05) is 11.1 Å². The Morgan fingerprint density at radius 3 is 2.29 bits per heavy atom. The van der Waals surface area contributed by atoms with Gasteiger partial charge in [0.1, 0.15) is 11.5 Å². The number of para-hydroxylation sites is 2. The number of fused-ring (bicyclic) bond motifs is 1. The predicted octanol–water partition coefficient (Wildman–Crippen LogP) is 11.2. The first-order chi connectivity index (χ1) is 27.5. The number of thiazole rings is 1. The molecule has 1 aliphatic heterocycles. The lowest BCUT2D eigenvalue weighted by molar-refractivity contribution is -0.268. The number of hydrogen-bond donors (Lipinski definition) is 3. The highest BCUT2D eigenvalue weighted by Gasteiger charge is 2.38. The molecule has 1 saturated heterocycles. The van der Waals surface area contributed by atoms with Crippen LogP contribution in [0.3, 0.4) is 0 Å². The van der Waals surface area contributed by atoms with E-state index in [1.54, 1.807) is 23.1 Å². The molecule has 7 aromatic rings. The monoisotopic (exact) mass is 779 g/mol. The Morgan fingerprint density at radius 1 is 0.768 bits per heavy atom. The molecule has 0 spiro atoms. The van der Waals surface area contributed by atoms with E-state index in [9.17, 15) is 9.90 Å². The van der Waals surface area contributed by atoms with Crippen LogP contribution in [-0.2, 0) is 22.6 Å². The largest absolute Gasteiger partial charge is 0.457 e. The van der Waals surface area contributed by atoms with Crippen molar-refractivity contribution in [3.63, 3.8) is 0 Å². The Labute approximate surface area is 334 Å². The van der Waals surface area contributed by atoms with Gasteiger partial charge in [0.25, 0.3) is 0 Å². The molecule has 6 aromatic carbocycles. The zero-order chi connectivity index (χ0) is 38.3. The van der Waals surface area contributed by atoms with Crippen molar-refractivity contribution in [1.29, 1.82) is 0 Å². The molecule has 0 aliphatic carbocycles. The Hall–Kier alpha value is -5.49. The molecule has 4 atom stereocenters. The van der Waals surface area contributed by atoms with Gasteiger partial charge in [-0.15, -0.1) is 11.3 Å². The second-order valence-corrected chi connectivity index (χ2v) is 16.0. The van der Waals surface area contributed by atoms with Gasteiger partial charge in [-0.3, -0.25) is 0 Å². The number of anilines is 1. The first kappa shape index (κ1) is 37.4. The third-order valence-corrected chi connectivity index (χ3v) is 12.0. The quantitative estimate of drug-likeness (QED) is 0.106. The molecular formula is C46H41N3O5S2. The number of ether oxygens (including phenoxy) is 3. The van der Waals surface area contributed by atoms with E-state index in [1.807, 2.05) is 121 Å². The predicted molar refractivity (Wildman–Crippen MR) is 224 cm³/mol. The molecule has 0 saturated carbocycles. The lowest BCUT2D eigenvalue weighted by Crippen LogP contribution is -2.38. The highest BCUT2D eigenvalue weighted by Crippen LogP contribution is 2.44. The van der Waals surface area contributed by atoms with E-state index in [-0.39, 0.29) is 30.8 Å². The molecule has 2 heterocycles. The number of benzene rings is 6. The Morgan fingerprint density at radius 2 is 1.50 bits per heavy atom. The molecule has 10 heteroatoms. The molecular weight excluding hydrogens is 739 g/mol. The fourth-order valence-electron chi connectivity index (χ4n) is 6.69. The summed E-state index contributed by atoms with van der Waals surface area (Å²) in [5.41, 5.74) is 7.50. The van der Waals surface area contributed by atoms with Gasteiger partial charge in [0.15, 0.2) is 10.6 Å². The third-order valence-electron chi connectivity index (χ3n) is 9.73. The summed E-state index contributed by atoms with van der Waals surface area (Å²) in [4.78, 5) is 17.7. The number of rotatable bonds is 12. The number of carbonyl (C=O) groups excluding carboxylic acids is 1. The number of aliphatic hydroxyl groups is 1. The van der Waals surface area contributed by atoms with Crippen LogP contribution in [0, 0.1) is 5.92 Å². The summed E-state index contributed by atoms with van der Waals surface area (Å²) in [6.07, 6.45) is -0.924. The number of aliphatic hydroxyl groups excluding tert-OH is 1. The average molecular weight is 780 g/mol. The Kier molecular flexibility index (Phi) is 11.7. The first-order valence-corrected chi connectivity index (χ1v) is 20.3. The van der Waals surface area contributed by atoms with Crippen molar-refractivity contribution in [2.24, 2.45) is 5.92 Å². The number of amides is 2. The standard InChI is InChI=1S/C46H41N3O5S2/c1-30-41(29-55-46-49-40-15-5-6-16-42(40)56-46)53-44(54-43(30)33-19-17-31(28-50)18-20-33)36-12-8-11-35(26-36)34-10-7-9-32(25-34)27-47-45(51)48-37-21-23-39(24-22-37)52-38-13-3-2-4-14-38/h2-26,30,41,43-44,50H,27-29H2,1H3,(H2,47,48,51)/t30-,41+,43+,44+/m1/s1. The summed E-state index contributed by atoms with van der Waals surface area (Å²) in [5, 5.41) is 15.5. The van der Waals surface area contributed by atoms with E-state index >= 15 is 0 Å². The third kappa shape index (κ3) is 9.13. The van der Waals surface area contributed by atoms with Gasteiger partial charge >= 0.3 is 6.03 Å². The van der Waals surface area contributed by atoms with Crippen molar-refractivity contribution in [1.82, 2.24) is 10.3 Å². The minimum Gasteiger partial charge on any atom is -0.457 e. The van der Waals surface area contributed by atoms with E-state index in [1.165, 1.54) is 4.70 Å². The van der Waals surface area contributed by atoms with E-state index in [0.29, 0.717) is 18.0 Å². The van der Waals surface area contributed by atoms with Gasteiger partial charge in [-0.1, -0.05) is 110 Å². The van der Waals surface area contributed by atoms with Crippen LogP contribution in [0.4, 0.5) is 10.5 Å². The van der Waals surface area contributed by atoms with Crippen molar-refractivity contribution in [3.05, 3.63) is 174 Å². The van der Waals surface area contributed by atoms with Crippen LogP contribution in [0.25, 0.3) is 21.3 Å². The zero-order valence-electron chi connectivity index (χ0n) is 30.7. The number of nitrogens with zero attached hydrogens (tertiary/aromatic N) is 1. The topological polar surface area (TPSA) is 102 Å². The normalized spacial score (nSPS) is 18.0. The highest BCUT2D eigenvalue weighted by molar-refractivity contribution is 8.01. The number of carbonyl (C=O) groups is 1. The van der Waals surface area contributed by atoms with Gasteiger partial charge in [0.05, 0.1) is 29.0 Å². The van der Waals surface area contributed by atoms with Crippen LogP contribution in [-0.4, -0.2) is 28.0 Å². The van der Waals surface area contributed by atoms with Gasteiger partial charge in [0.2, 0.25) is 0 Å². The fourth-order valence-corrected chi connectivity index (χ4v) is 8.95. The van der Waals surface area contributed by atoms with Crippen LogP contribution in [0.1, 0.15) is 41.6 Å². The molecule has 8 rings (SSSR count). The lowest BCUT2D eigenvalue weighted by atomic mass is 9.91. The summed E-state index contributed by atoms with van der Waals surface area (Å²) in [6.45, 7) is 2.52. The van der Waals surface area contributed by atoms with Crippen molar-refractivity contribution >= 4 is 45.0 Å². The number of aromatic nitrogens is 1. The number of thioether (sulfide) groups is 1. The van der Waals surface area contributed by atoms with E-state index < -0.39 is 6.29 Å². The number of hydrogen-bond acceptors (Lipinski definition) is 8. The van der Waals surface area contributed by atoms with Crippen LogP contribution < -0.4 is 15.4 Å². The molecule has 3 N–H and O–H groups in total. The summed E-state index contributed by atoms with van der Waals surface area (Å²) in [6, 6.07) is 49.1. The maximum Gasteiger partial charge on any atom is 0.319 e. The maximum atomic E-state index is 12.8. The van der Waals surface area contributed by atoms with Crippen molar-refractivity contribution in [2.45, 2.75) is 42.9 Å². The van der Waals surface area contributed by atoms with Gasteiger partial charge in [-0.2, -0.15) is 0 Å².